The molecule has 4 fully saturated rings. The Morgan fingerprint density at radius 2 is 2.07 bits per heavy atom. The van der Waals surface area contributed by atoms with Crippen LogP contribution >= 0.6 is 0 Å². The van der Waals surface area contributed by atoms with E-state index in [1.54, 1.807) is 5.56 Å². The molecule has 0 bridgehead atoms. The number of pyridine rings is 1. The van der Waals surface area contributed by atoms with Crippen LogP contribution < -0.4 is 19.3 Å². The number of nitrogens with zero attached hydrogens (tertiary/aromatic N) is 6. The molecule has 3 saturated heterocycles. The third-order valence-electron chi connectivity index (χ3n) is 12.1. The first-order valence-electron chi connectivity index (χ1n) is 17.2. The van der Waals surface area contributed by atoms with E-state index in [4.69, 9.17) is 14.5 Å². The van der Waals surface area contributed by atoms with E-state index in [1.807, 2.05) is 0 Å². The second kappa shape index (κ2) is 10.6. The van der Waals surface area contributed by atoms with Crippen LogP contribution in [0.5, 0.6) is 11.6 Å². The molecule has 1 saturated carbocycles. The van der Waals surface area contributed by atoms with Gasteiger partial charge in [0.25, 0.3) is 11.8 Å². The molecule has 0 radical (unpaired) electrons. The van der Waals surface area contributed by atoms with Gasteiger partial charge in [0, 0.05) is 30.9 Å². The molecule has 1 amide bonds. The number of anilines is 2. The number of fused-ring (bicyclic) bond motifs is 9. The number of aromatic nitrogens is 1. The number of amides is 1. The first-order valence-corrected chi connectivity index (χ1v) is 17.2. The third-order valence-corrected chi connectivity index (χ3v) is 12.1. The number of hydrogen-bond acceptors (Lipinski definition) is 8. The van der Waals surface area contributed by atoms with Crippen molar-refractivity contribution in [1.29, 1.82) is 5.26 Å². The molecule has 7 aliphatic rings. The molecule has 0 spiro atoms. The fourth-order valence-electron chi connectivity index (χ4n) is 9.74. The molecule has 9 rings (SSSR count). The van der Waals surface area contributed by atoms with Crippen LogP contribution in [0.1, 0.15) is 66.8 Å². The highest BCUT2D eigenvalue weighted by molar-refractivity contribution is 5.91. The van der Waals surface area contributed by atoms with Gasteiger partial charge >= 0.3 is 0 Å². The molecule has 10 heteroatoms. The SMILES string of the molecule is C=C(F)C(=O)N1CC2COc3c(OCC45CCCN4CCC5)nc4c(c3N2C[C@@H]1CC#N)CCN(c1cccc2c1C1CC1C2)C4. The molecule has 9 nitrogen and oxygen atoms in total. The number of halogens is 1. The summed E-state index contributed by atoms with van der Waals surface area (Å²) < 4.78 is 27.3. The lowest BCUT2D eigenvalue weighted by Gasteiger charge is -2.50. The van der Waals surface area contributed by atoms with Gasteiger partial charge in [-0.05, 0) is 87.1 Å². The summed E-state index contributed by atoms with van der Waals surface area (Å²) in [6.07, 6.45) is 8.11. The summed E-state index contributed by atoms with van der Waals surface area (Å²) in [7, 11) is 0. The van der Waals surface area contributed by atoms with Crippen LogP contribution in [0.3, 0.4) is 0 Å². The summed E-state index contributed by atoms with van der Waals surface area (Å²) in [5, 5.41) is 9.67. The van der Waals surface area contributed by atoms with Crippen LogP contribution in [0.25, 0.3) is 0 Å². The number of carbonyl (C=O) groups is 1. The van der Waals surface area contributed by atoms with Crippen molar-refractivity contribution in [2.45, 2.75) is 81.5 Å². The maximum atomic E-state index is 14.1. The minimum absolute atomic E-state index is 0.0672. The fraction of sp³-hybridized carbons (Fsp3) is 0.583. The highest BCUT2D eigenvalue weighted by Crippen LogP contribution is 2.59. The lowest BCUT2D eigenvalue weighted by Crippen LogP contribution is -2.63. The van der Waals surface area contributed by atoms with Crippen molar-refractivity contribution in [3.8, 4) is 17.7 Å². The highest BCUT2D eigenvalue weighted by Gasteiger charge is 2.49. The van der Waals surface area contributed by atoms with Gasteiger partial charge in [-0.1, -0.05) is 18.7 Å². The monoisotopic (exact) mass is 624 g/mol. The molecule has 2 aromatic rings. The van der Waals surface area contributed by atoms with Crippen LogP contribution in [-0.4, -0.2) is 84.3 Å². The molecule has 46 heavy (non-hydrogen) atoms. The second-order valence-corrected chi connectivity index (χ2v) is 14.6. The standard InChI is InChI=1S/C36H41FN6O3/c1-22(37)35(44)43-18-26-20-45-33-32(42(26)17-25(43)7-11-38)27-8-14-40(30-6-2-5-23-15-24-16-28(24)31(23)30)19-29(27)39-34(33)46-21-36-9-3-12-41(36)13-4-10-36/h2,5-6,24-26,28H,1,3-4,7-10,12-21H2/t24?,25-,26?,28?/m0/s1. The first-order chi connectivity index (χ1) is 22.4. The topological polar surface area (TPSA) is 85.2 Å². The van der Waals surface area contributed by atoms with Crippen LogP contribution in [0, 0.1) is 17.2 Å². The Morgan fingerprint density at radius 3 is 2.87 bits per heavy atom. The predicted molar refractivity (Wildman–Crippen MR) is 171 cm³/mol. The Balaban J connectivity index is 1.09. The molecule has 4 atom stereocenters. The lowest BCUT2D eigenvalue weighted by molar-refractivity contribution is -0.132. The maximum absolute atomic E-state index is 14.1. The Kier molecular flexibility index (Phi) is 6.54. The Morgan fingerprint density at radius 1 is 1.22 bits per heavy atom. The van der Waals surface area contributed by atoms with Gasteiger partial charge in [-0.2, -0.15) is 5.26 Å². The molecule has 5 aliphatic heterocycles. The average Bonchev–Trinajstić information content (AvgIpc) is 3.35. The van der Waals surface area contributed by atoms with Crippen molar-refractivity contribution in [3.05, 3.63) is 53.0 Å². The van der Waals surface area contributed by atoms with Gasteiger partial charge in [0.05, 0.1) is 48.0 Å². The van der Waals surface area contributed by atoms with Crippen LogP contribution in [0.15, 0.2) is 30.6 Å². The molecule has 1 aromatic carbocycles. The maximum Gasteiger partial charge on any atom is 0.282 e. The molecule has 2 aliphatic carbocycles. The summed E-state index contributed by atoms with van der Waals surface area (Å²) in [6.45, 7) is 8.68. The van der Waals surface area contributed by atoms with Gasteiger partial charge in [0.2, 0.25) is 5.75 Å². The Labute approximate surface area is 269 Å². The number of rotatable bonds is 6. The van der Waals surface area contributed by atoms with E-state index in [-0.39, 0.29) is 24.5 Å². The highest BCUT2D eigenvalue weighted by atomic mass is 19.1. The van der Waals surface area contributed by atoms with E-state index in [0.717, 1.165) is 61.8 Å². The molecule has 240 valence electrons. The van der Waals surface area contributed by atoms with E-state index >= 15 is 0 Å². The zero-order chi connectivity index (χ0) is 31.2. The van der Waals surface area contributed by atoms with Crippen molar-refractivity contribution >= 4 is 17.3 Å². The molecule has 6 heterocycles. The second-order valence-electron chi connectivity index (χ2n) is 14.6. The van der Waals surface area contributed by atoms with Crippen LogP contribution in [0.4, 0.5) is 15.8 Å². The van der Waals surface area contributed by atoms with Crippen molar-refractivity contribution in [2.75, 3.05) is 55.7 Å². The quantitative estimate of drug-likeness (QED) is 0.435. The Bertz CT molecular complexity index is 1660. The van der Waals surface area contributed by atoms with Gasteiger partial charge in [0.15, 0.2) is 5.83 Å². The minimum Gasteiger partial charge on any atom is -0.484 e. The van der Waals surface area contributed by atoms with Gasteiger partial charge < -0.3 is 24.2 Å². The minimum atomic E-state index is -0.997. The van der Waals surface area contributed by atoms with Crippen molar-refractivity contribution < 1.29 is 18.7 Å². The summed E-state index contributed by atoms with van der Waals surface area (Å²) >= 11 is 0. The van der Waals surface area contributed by atoms with Gasteiger partial charge in [-0.25, -0.2) is 9.37 Å². The Hall–Kier alpha value is -3.84. The predicted octanol–water partition coefficient (Wildman–Crippen LogP) is 4.49. The molecule has 1 aromatic heterocycles. The van der Waals surface area contributed by atoms with E-state index in [9.17, 15) is 14.4 Å². The van der Waals surface area contributed by atoms with Gasteiger partial charge in [0.1, 0.15) is 13.2 Å². The number of carbonyl (C=O) groups excluding carboxylic acids is 1. The van der Waals surface area contributed by atoms with Crippen LogP contribution in [0.2, 0.25) is 0 Å². The molecular formula is C36H41FN6O3. The lowest BCUT2D eigenvalue weighted by atomic mass is 9.94. The normalized spacial score (nSPS) is 28.2. The smallest absolute Gasteiger partial charge is 0.282 e. The van der Waals surface area contributed by atoms with Crippen molar-refractivity contribution in [1.82, 2.24) is 14.8 Å². The van der Waals surface area contributed by atoms with E-state index in [2.05, 4.69) is 45.5 Å². The third kappa shape index (κ3) is 4.34. The number of piperazine rings is 1. The van der Waals surface area contributed by atoms with Crippen LogP contribution in [-0.2, 0) is 24.2 Å². The van der Waals surface area contributed by atoms with E-state index in [1.165, 1.54) is 41.8 Å². The number of hydrogen-bond donors (Lipinski definition) is 0. The summed E-state index contributed by atoms with van der Waals surface area (Å²) in [4.78, 5) is 26.9. The van der Waals surface area contributed by atoms with Crippen molar-refractivity contribution in [2.24, 2.45) is 5.92 Å². The van der Waals surface area contributed by atoms with Gasteiger partial charge in [-0.3, -0.25) is 9.69 Å². The summed E-state index contributed by atoms with van der Waals surface area (Å²) in [5.41, 5.74) is 7.62. The largest absolute Gasteiger partial charge is 0.484 e. The number of nitriles is 1. The zero-order valence-corrected chi connectivity index (χ0v) is 26.3. The zero-order valence-electron chi connectivity index (χ0n) is 26.3. The van der Waals surface area contributed by atoms with E-state index in [0.29, 0.717) is 43.9 Å². The molecular weight excluding hydrogens is 583 g/mol. The number of ether oxygens (including phenoxy) is 2. The van der Waals surface area contributed by atoms with Crippen molar-refractivity contribution in [3.63, 3.8) is 0 Å². The molecule has 3 unspecified atom stereocenters. The molecule has 0 N–H and O–H groups in total. The number of benzene rings is 1. The summed E-state index contributed by atoms with van der Waals surface area (Å²) in [5.74, 6) is 1.01. The average molecular weight is 625 g/mol. The fourth-order valence-corrected chi connectivity index (χ4v) is 9.74. The van der Waals surface area contributed by atoms with E-state index < -0.39 is 17.8 Å². The summed E-state index contributed by atoms with van der Waals surface area (Å²) in [6, 6.07) is 8.39. The van der Waals surface area contributed by atoms with Gasteiger partial charge in [-0.15, -0.1) is 0 Å². The first kappa shape index (κ1) is 28.4.